The molecule has 192 valence electrons. The van der Waals surface area contributed by atoms with Gasteiger partial charge in [0, 0.05) is 42.0 Å². The second kappa shape index (κ2) is 10.7. The van der Waals surface area contributed by atoms with Crippen molar-refractivity contribution in [2.24, 2.45) is 0 Å². The van der Waals surface area contributed by atoms with Crippen LogP contribution in [0.2, 0.25) is 0 Å². The van der Waals surface area contributed by atoms with E-state index < -0.39 is 0 Å². The standard InChI is InChI=1S/C32H32N4O2/c1-37-27-9-5-8-25(19-27)31-29-13-12-28(38-2)20-30(29)32(35-34-31)33-26-14-16-36(17-15-26)21-22-10-11-23-6-3-4-7-24(23)18-22/h3-13,18-20,26H,14-17,21H2,1-2H3,(H,33,35). The number of hydrogen-bond acceptors (Lipinski definition) is 6. The molecule has 6 rings (SSSR count). The lowest BCUT2D eigenvalue weighted by Gasteiger charge is -2.32. The number of piperidine rings is 1. The van der Waals surface area contributed by atoms with Crippen LogP contribution in [0.25, 0.3) is 32.8 Å². The van der Waals surface area contributed by atoms with Crippen molar-refractivity contribution in [1.29, 1.82) is 0 Å². The molecule has 0 unspecified atom stereocenters. The van der Waals surface area contributed by atoms with Gasteiger partial charge in [0.2, 0.25) is 0 Å². The van der Waals surface area contributed by atoms with E-state index in [0.717, 1.165) is 71.8 Å². The summed E-state index contributed by atoms with van der Waals surface area (Å²) in [6.07, 6.45) is 2.11. The average molecular weight is 505 g/mol. The van der Waals surface area contributed by atoms with Crippen molar-refractivity contribution in [3.8, 4) is 22.8 Å². The summed E-state index contributed by atoms with van der Waals surface area (Å²) in [4.78, 5) is 2.54. The van der Waals surface area contributed by atoms with E-state index in [1.807, 2.05) is 36.4 Å². The summed E-state index contributed by atoms with van der Waals surface area (Å²) in [6.45, 7) is 3.06. The van der Waals surface area contributed by atoms with Gasteiger partial charge in [-0.15, -0.1) is 10.2 Å². The summed E-state index contributed by atoms with van der Waals surface area (Å²) < 4.78 is 11.0. The van der Waals surface area contributed by atoms with E-state index in [-0.39, 0.29) is 0 Å². The van der Waals surface area contributed by atoms with Crippen molar-refractivity contribution in [3.63, 3.8) is 0 Å². The SMILES string of the molecule is COc1cccc(-c2nnc(NC3CCN(Cc4ccc5ccccc5c4)CC3)c3cc(OC)ccc23)c1. The molecule has 38 heavy (non-hydrogen) atoms. The van der Waals surface area contributed by atoms with Crippen LogP contribution in [0.1, 0.15) is 18.4 Å². The Morgan fingerprint density at radius 2 is 1.55 bits per heavy atom. The van der Waals surface area contributed by atoms with Crippen LogP contribution < -0.4 is 14.8 Å². The maximum atomic E-state index is 5.54. The lowest BCUT2D eigenvalue weighted by Crippen LogP contribution is -2.38. The maximum absolute atomic E-state index is 5.54. The highest BCUT2D eigenvalue weighted by atomic mass is 16.5. The Hall–Kier alpha value is -4.16. The van der Waals surface area contributed by atoms with Crippen molar-refractivity contribution in [2.75, 3.05) is 32.6 Å². The summed E-state index contributed by atoms with van der Waals surface area (Å²) in [5.74, 6) is 2.40. The van der Waals surface area contributed by atoms with Gasteiger partial charge >= 0.3 is 0 Å². The zero-order valence-electron chi connectivity index (χ0n) is 21.9. The molecule has 0 amide bonds. The molecule has 1 aliphatic heterocycles. The number of anilines is 1. The van der Waals surface area contributed by atoms with Crippen LogP contribution in [0, 0.1) is 0 Å². The van der Waals surface area contributed by atoms with E-state index >= 15 is 0 Å². The van der Waals surface area contributed by atoms with Crippen molar-refractivity contribution in [1.82, 2.24) is 15.1 Å². The van der Waals surface area contributed by atoms with Gasteiger partial charge in [0.25, 0.3) is 0 Å². The number of nitrogens with one attached hydrogen (secondary N) is 1. The summed E-state index contributed by atoms with van der Waals surface area (Å²) in [7, 11) is 3.37. The molecule has 1 fully saturated rings. The number of benzene rings is 4. The molecule has 0 spiro atoms. The van der Waals surface area contributed by atoms with Gasteiger partial charge in [-0.05, 0) is 65.6 Å². The second-order valence-corrected chi connectivity index (χ2v) is 9.92. The fourth-order valence-electron chi connectivity index (χ4n) is 5.37. The molecule has 4 aromatic carbocycles. The molecule has 5 aromatic rings. The molecule has 1 saturated heterocycles. The summed E-state index contributed by atoms with van der Waals surface area (Å²) in [5, 5.41) is 17.6. The third-order valence-electron chi connectivity index (χ3n) is 7.48. The molecule has 0 atom stereocenters. The third kappa shape index (κ3) is 5.00. The van der Waals surface area contributed by atoms with Gasteiger partial charge in [-0.25, -0.2) is 0 Å². The zero-order valence-corrected chi connectivity index (χ0v) is 21.9. The number of rotatable bonds is 7. The Labute approximate surface area is 223 Å². The van der Waals surface area contributed by atoms with E-state index in [1.165, 1.54) is 16.3 Å². The lowest BCUT2D eigenvalue weighted by molar-refractivity contribution is 0.211. The monoisotopic (exact) mass is 504 g/mol. The highest BCUT2D eigenvalue weighted by Gasteiger charge is 2.21. The molecule has 0 radical (unpaired) electrons. The van der Waals surface area contributed by atoms with Crippen LogP contribution in [0.15, 0.2) is 84.9 Å². The Bertz CT molecular complexity index is 1580. The van der Waals surface area contributed by atoms with Crippen molar-refractivity contribution in [2.45, 2.75) is 25.4 Å². The topological polar surface area (TPSA) is 59.5 Å². The highest BCUT2D eigenvalue weighted by molar-refractivity contribution is 6.01. The van der Waals surface area contributed by atoms with E-state index in [1.54, 1.807) is 14.2 Å². The smallest absolute Gasteiger partial charge is 0.156 e. The van der Waals surface area contributed by atoms with Gasteiger partial charge in [-0.3, -0.25) is 4.90 Å². The molecule has 0 bridgehead atoms. The van der Waals surface area contributed by atoms with Crippen LogP contribution >= 0.6 is 0 Å². The number of methoxy groups -OCH3 is 2. The van der Waals surface area contributed by atoms with Gasteiger partial charge in [-0.2, -0.15) is 0 Å². The van der Waals surface area contributed by atoms with Gasteiger partial charge in [0.05, 0.1) is 14.2 Å². The highest BCUT2D eigenvalue weighted by Crippen LogP contribution is 2.34. The molecular formula is C32H32N4O2. The van der Waals surface area contributed by atoms with Gasteiger partial charge in [0.15, 0.2) is 5.82 Å². The molecule has 0 aliphatic carbocycles. The molecule has 0 saturated carbocycles. The normalized spacial score (nSPS) is 14.6. The van der Waals surface area contributed by atoms with Gasteiger partial charge in [0.1, 0.15) is 17.2 Å². The minimum atomic E-state index is 0.342. The lowest BCUT2D eigenvalue weighted by atomic mass is 10.0. The van der Waals surface area contributed by atoms with E-state index in [9.17, 15) is 0 Å². The Kier molecular flexibility index (Phi) is 6.80. The third-order valence-corrected chi connectivity index (χ3v) is 7.48. The average Bonchev–Trinajstić information content (AvgIpc) is 2.98. The summed E-state index contributed by atoms with van der Waals surface area (Å²) in [6, 6.07) is 29.7. The largest absolute Gasteiger partial charge is 0.497 e. The van der Waals surface area contributed by atoms with E-state index in [2.05, 4.69) is 68.9 Å². The first-order chi connectivity index (χ1) is 18.7. The van der Waals surface area contributed by atoms with Crippen LogP contribution in [-0.4, -0.2) is 48.4 Å². The van der Waals surface area contributed by atoms with E-state index in [4.69, 9.17) is 9.47 Å². The maximum Gasteiger partial charge on any atom is 0.156 e. The van der Waals surface area contributed by atoms with E-state index in [0.29, 0.717) is 6.04 Å². The van der Waals surface area contributed by atoms with Crippen LogP contribution in [0.3, 0.4) is 0 Å². The quantitative estimate of drug-likeness (QED) is 0.271. The molecule has 1 aliphatic rings. The first-order valence-electron chi connectivity index (χ1n) is 13.2. The predicted molar refractivity (Wildman–Crippen MR) is 154 cm³/mol. The van der Waals surface area contributed by atoms with Gasteiger partial charge < -0.3 is 14.8 Å². The van der Waals surface area contributed by atoms with Gasteiger partial charge in [-0.1, -0.05) is 48.5 Å². The number of ether oxygens (including phenoxy) is 2. The second-order valence-electron chi connectivity index (χ2n) is 9.92. The number of fused-ring (bicyclic) bond motifs is 2. The molecule has 1 aromatic heterocycles. The summed E-state index contributed by atoms with van der Waals surface area (Å²) >= 11 is 0. The predicted octanol–water partition coefficient (Wildman–Crippen LogP) is 6.54. The first-order valence-corrected chi connectivity index (χ1v) is 13.2. The molecule has 6 heteroatoms. The van der Waals surface area contributed by atoms with Crippen molar-refractivity contribution < 1.29 is 9.47 Å². The molecule has 2 heterocycles. The summed E-state index contributed by atoms with van der Waals surface area (Å²) in [5.41, 5.74) is 3.17. The van der Waals surface area contributed by atoms with Crippen molar-refractivity contribution >= 4 is 27.4 Å². The van der Waals surface area contributed by atoms with Crippen LogP contribution in [0.5, 0.6) is 11.5 Å². The molecule has 1 N–H and O–H groups in total. The number of aromatic nitrogens is 2. The Morgan fingerprint density at radius 3 is 2.37 bits per heavy atom. The van der Waals surface area contributed by atoms with Crippen LogP contribution in [0.4, 0.5) is 5.82 Å². The zero-order chi connectivity index (χ0) is 25.9. The van der Waals surface area contributed by atoms with Crippen LogP contribution in [-0.2, 0) is 6.54 Å². The first kappa shape index (κ1) is 24.2. The number of hydrogen-bond donors (Lipinski definition) is 1. The number of nitrogens with zero attached hydrogens (tertiary/aromatic N) is 3. The molecule has 6 nitrogen and oxygen atoms in total. The molecular weight excluding hydrogens is 472 g/mol. The number of likely N-dealkylation sites (tertiary alicyclic amines) is 1. The minimum absolute atomic E-state index is 0.342. The minimum Gasteiger partial charge on any atom is -0.497 e. The fourth-order valence-corrected chi connectivity index (χ4v) is 5.37. The Morgan fingerprint density at radius 1 is 0.763 bits per heavy atom. The Balaban J connectivity index is 1.19. The fraction of sp³-hybridized carbons (Fsp3) is 0.250. The van der Waals surface area contributed by atoms with Crippen molar-refractivity contribution in [3.05, 3.63) is 90.5 Å².